The van der Waals surface area contributed by atoms with Gasteiger partial charge in [-0.1, -0.05) is 0 Å². The molecule has 3 fully saturated rings. The summed E-state index contributed by atoms with van der Waals surface area (Å²) in [5, 5.41) is 0. The Hall–Kier alpha value is -0.200. The lowest BCUT2D eigenvalue weighted by Crippen LogP contribution is -2.53. The lowest BCUT2D eigenvalue weighted by atomic mass is 9.77. The molecule has 1 spiro atoms. The standard InChI is InChI=1S/C14H25NO4/c15-13(12-10-17-7-8-18-12)11-1-4-19-14(9-11)2-5-16-6-3-14/h11-13H,1-10,15H2. The van der Waals surface area contributed by atoms with Gasteiger partial charge in [0.05, 0.1) is 31.5 Å². The molecular formula is C14H25NO4. The lowest BCUT2D eigenvalue weighted by molar-refractivity contribution is -0.161. The predicted octanol–water partition coefficient (Wildman–Crippen LogP) is 0.705. The Labute approximate surface area is 114 Å². The van der Waals surface area contributed by atoms with Crippen molar-refractivity contribution in [3.63, 3.8) is 0 Å². The molecule has 5 nitrogen and oxygen atoms in total. The molecule has 0 bridgehead atoms. The van der Waals surface area contributed by atoms with Gasteiger partial charge >= 0.3 is 0 Å². The van der Waals surface area contributed by atoms with Gasteiger partial charge < -0.3 is 24.7 Å². The molecule has 0 aliphatic carbocycles. The number of hydrogen-bond donors (Lipinski definition) is 1. The van der Waals surface area contributed by atoms with E-state index in [0.29, 0.717) is 25.7 Å². The molecule has 3 rings (SSSR count). The third-order valence-electron chi connectivity index (χ3n) is 4.75. The van der Waals surface area contributed by atoms with E-state index in [4.69, 9.17) is 24.7 Å². The van der Waals surface area contributed by atoms with E-state index in [1.54, 1.807) is 0 Å². The second kappa shape index (κ2) is 6.06. The highest BCUT2D eigenvalue weighted by atomic mass is 16.6. The Morgan fingerprint density at radius 2 is 1.84 bits per heavy atom. The van der Waals surface area contributed by atoms with Crippen molar-refractivity contribution < 1.29 is 18.9 Å². The van der Waals surface area contributed by atoms with Gasteiger partial charge in [0.1, 0.15) is 0 Å². The lowest BCUT2D eigenvalue weighted by Gasteiger charge is -2.46. The van der Waals surface area contributed by atoms with Crippen molar-refractivity contribution in [1.29, 1.82) is 0 Å². The highest BCUT2D eigenvalue weighted by molar-refractivity contribution is 4.94. The zero-order chi connectivity index (χ0) is 13.1. The number of rotatable bonds is 2. The number of nitrogens with two attached hydrogens (primary N) is 1. The van der Waals surface area contributed by atoms with Gasteiger partial charge in [-0.2, -0.15) is 0 Å². The third-order valence-corrected chi connectivity index (χ3v) is 4.75. The summed E-state index contributed by atoms with van der Waals surface area (Å²) in [7, 11) is 0. The van der Waals surface area contributed by atoms with Crippen molar-refractivity contribution >= 4 is 0 Å². The molecular weight excluding hydrogens is 246 g/mol. The van der Waals surface area contributed by atoms with Gasteiger partial charge in [0.25, 0.3) is 0 Å². The second-order valence-corrected chi connectivity index (χ2v) is 5.96. The van der Waals surface area contributed by atoms with Crippen LogP contribution >= 0.6 is 0 Å². The Balaban J connectivity index is 1.60. The first-order chi connectivity index (χ1) is 9.29. The van der Waals surface area contributed by atoms with Crippen LogP contribution in [0.3, 0.4) is 0 Å². The van der Waals surface area contributed by atoms with Crippen LogP contribution < -0.4 is 5.73 Å². The van der Waals surface area contributed by atoms with Crippen LogP contribution in [0.25, 0.3) is 0 Å². The molecule has 3 aliphatic rings. The normalized spacial score (nSPS) is 37.1. The van der Waals surface area contributed by atoms with Crippen molar-refractivity contribution in [2.75, 3.05) is 39.6 Å². The summed E-state index contributed by atoms with van der Waals surface area (Å²) >= 11 is 0. The van der Waals surface area contributed by atoms with E-state index in [0.717, 1.165) is 45.5 Å². The fourth-order valence-corrected chi connectivity index (χ4v) is 3.52. The van der Waals surface area contributed by atoms with Crippen molar-refractivity contribution in [3.05, 3.63) is 0 Å². The largest absolute Gasteiger partial charge is 0.381 e. The summed E-state index contributed by atoms with van der Waals surface area (Å²) in [6.45, 7) is 4.43. The minimum atomic E-state index is 0.00824. The minimum absolute atomic E-state index is 0.00824. The van der Waals surface area contributed by atoms with E-state index < -0.39 is 0 Å². The van der Waals surface area contributed by atoms with Crippen LogP contribution in [-0.4, -0.2) is 57.4 Å². The van der Waals surface area contributed by atoms with Crippen LogP contribution in [0.4, 0.5) is 0 Å². The zero-order valence-electron chi connectivity index (χ0n) is 11.5. The van der Waals surface area contributed by atoms with Gasteiger partial charge in [-0.3, -0.25) is 0 Å². The molecule has 19 heavy (non-hydrogen) atoms. The molecule has 0 aromatic rings. The predicted molar refractivity (Wildman–Crippen MR) is 70.0 cm³/mol. The third kappa shape index (κ3) is 3.11. The highest BCUT2D eigenvalue weighted by Gasteiger charge is 2.42. The van der Waals surface area contributed by atoms with Crippen molar-refractivity contribution in [2.24, 2.45) is 11.7 Å². The van der Waals surface area contributed by atoms with E-state index in [1.807, 2.05) is 0 Å². The molecule has 0 aromatic carbocycles. The molecule has 110 valence electrons. The van der Waals surface area contributed by atoms with E-state index in [9.17, 15) is 0 Å². The fourth-order valence-electron chi connectivity index (χ4n) is 3.52. The fraction of sp³-hybridized carbons (Fsp3) is 1.00. The molecule has 2 N–H and O–H groups in total. The summed E-state index contributed by atoms with van der Waals surface area (Å²) in [5.74, 6) is 0.471. The molecule has 5 heteroatoms. The van der Waals surface area contributed by atoms with Crippen molar-refractivity contribution in [2.45, 2.75) is 43.4 Å². The average molecular weight is 271 g/mol. The van der Waals surface area contributed by atoms with Crippen molar-refractivity contribution in [1.82, 2.24) is 0 Å². The highest BCUT2D eigenvalue weighted by Crippen LogP contribution is 2.38. The van der Waals surface area contributed by atoms with Gasteiger partial charge in [-0.05, 0) is 31.6 Å². The molecule has 0 amide bonds. The van der Waals surface area contributed by atoms with Gasteiger partial charge in [-0.25, -0.2) is 0 Å². The van der Waals surface area contributed by atoms with E-state index >= 15 is 0 Å². The number of hydrogen-bond acceptors (Lipinski definition) is 5. The minimum Gasteiger partial charge on any atom is -0.381 e. The number of ether oxygens (including phenoxy) is 4. The maximum absolute atomic E-state index is 6.42. The SMILES string of the molecule is NC(C1CCOC2(CCOCC2)C1)C1COCCO1. The summed E-state index contributed by atoms with van der Waals surface area (Å²) in [4.78, 5) is 0. The summed E-state index contributed by atoms with van der Waals surface area (Å²) < 4.78 is 22.7. The average Bonchev–Trinajstić information content (AvgIpc) is 2.48. The first-order valence-electron chi connectivity index (χ1n) is 7.46. The molecule has 3 heterocycles. The summed E-state index contributed by atoms with van der Waals surface area (Å²) in [6, 6.07) is 0.0592. The smallest absolute Gasteiger partial charge is 0.0962 e. The molecule has 0 saturated carbocycles. The van der Waals surface area contributed by atoms with Gasteiger partial charge in [0, 0.05) is 25.9 Å². The zero-order valence-corrected chi connectivity index (χ0v) is 11.5. The first kappa shape index (κ1) is 13.8. The molecule has 0 aromatic heterocycles. The van der Waals surface area contributed by atoms with E-state index in [-0.39, 0.29) is 17.7 Å². The monoisotopic (exact) mass is 271 g/mol. The Morgan fingerprint density at radius 1 is 1.00 bits per heavy atom. The van der Waals surface area contributed by atoms with Crippen LogP contribution in [-0.2, 0) is 18.9 Å². The maximum Gasteiger partial charge on any atom is 0.0962 e. The molecule has 3 saturated heterocycles. The maximum atomic E-state index is 6.42. The van der Waals surface area contributed by atoms with E-state index in [1.165, 1.54) is 0 Å². The van der Waals surface area contributed by atoms with Crippen molar-refractivity contribution in [3.8, 4) is 0 Å². The molecule has 0 radical (unpaired) electrons. The van der Waals surface area contributed by atoms with Crippen LogP contribution in [0.5, 0.6) is 0 Å². The van der Waals surface area contributed by atoms with Crippen LogP contribution in [0, 0.1) is 5.92 Å². The molecule has 3 atom stereocenters. The molecule has 3 unspecified atom stereocenters. The van der Waals surface area contributed by atoms with Gasteiger partial charge in [-0.15, -0.1) is 0 Å². The summed E-state index contributed by atoms with van der Waals surface area (Å²) in [5.41, 5.74) is 6.43. The van der Waals surface area contributed by atoms with E-state index in [2.05, 4.69) is 0 Å². The topological polar surface area (TPSA) is 62.9 Å². The molecule has 3 aliphatic heterocycles. The Morgan fingerprint density at radius 3 is 2.58 bits per heavy atom. The summed E-state index contributed by atoms with van der Waals surface area (Å²) in [6.07, 6.45) is 4.12. The first-order valence-corrected chi connectivity index (χ1v) is 7.46. The van der Waals surface area contributed by atoms with Crippen LogP contribution in [0.15, 0.2) is 0 Å². The van der Waals surface area contributed by atoms with Gasteiger partial charge in [0.2, 0.25) is 0 Å². The Kier molecular flexibility index (Phi) is 4.39. The van der Waals surface area contributed by atoms with Crippen LogP contribution in [0.2, 0.25) is 0 Å². The second-order valence-electron chi connectivity index (χ2n) is 5.96. The van der Waals surface area contributed by atoms with Crippen LogP contribution in [0.1, 0.15) is 25.7 Å². The Bertz CT molecular complexity index is 282. The quantitative estimate of drug-likeness (QED) is 0.801. The van der Waals surface area contributed by atoms with Gasteiger partial charge in [0.15, 0.2) is 0 Å².